The number of hydrogen-bond acceptors (Lipinski definition) is 3. The van der Waals surface area contributed by atoms with E-state index >= 15 is 0 Å². The third kappa shape index (κ3) is 2.93. The summed E-state index contributed by atoms with van der Waals surface area (Å²) >= 11 is 10.8. The molecular formula is C10H6BrClN2S. The van der Waals surface area contributed by atoms with E-state index in [1.165, 1.54) is 11.8 Å². The second kappa shape index (κ2) is 4.96. The molecule has 2 aromatic rings. The van der Waals surface area contributed by atoms with Crippen LogP contribution in [0.15, 0.2) is 51.2 Å². The quantitative estimate of drug-likeness (QED) is 0.837. The summed E-state index contributed by atoms with van der Waals surface area (Å²) in [6, 6.07) is 7.66. The van der Waals surface area contributed by atoms with E-state index in [-0.39, 0.29) is 0 Å². The number of nitrogens with zero attached hydrogens (tertiary/aromatic N) is 2. The highest BCUT2D eigenvalue weighted by atomic mass is 79.9. The molecular weight excluding hydrogens is 296 g/mol. The van der Waals surface area contributed by atoms with E-state index < -0.39 is 0 Å². The van der Waals surface area contributed by atoms with Gasteiger partial charge in [0.2, 0.25) is 0 Å². The van der Waals surface area contributed by atoms with Crippen LogP contribution in [0.3, 0.4) is 0 Å². The van der Waals surface area contributed by atoms with Gasteiger partial charge >= 0.3 is 0 Å². The second-order valence-electron chi connectivity index (χ2n) is 2.71. The molecule has 0 spiro atoms. The zero-order valence-electron chi connectivity index (χ0n) is 7.52. The fourth-order valence-corrected chi connectivity index (χ4v) is 2.20. The smallest absolute Gasteiger partial charge is 0.124 e. The van der Waals surface area contributed by atoms with Crippen molar-refractivity contribution in [3.63, 3.8) is 0 Å². The summed E-state index contributed by atoms with van der Waals surface area (Å²) in [4.78, 5) is 9.29. The fourth-order valence-electron chi connectivity index (χ4n) is 0.993. The summed E-state index contributed by atoms with van der Waals surface area (Å²) in [6.07, 6.45) is 3.37. The molecule has 5 heteroatoms. The maximum Gasteiger partial charge on any atom is 0.124 e. The predicted octanol–water partition coefficient (Wildman–Crippen LogP) is 4.04. The molecule has 0 atom stereocenters. The van der Waals surface area contributed by atoms with Crippen molar-refractivity contribution in [1.29, 1.82) is 0 Å². The standard InChI is InChI=1S/C10H6BrClN2S/c11-9-5-14-10(6-13-9)15-8-4-2-1-3-7(8)12/h1-6H. The minimum atomic E-state index is 0.728. The van der Waals surface area contributed by atoms with Crippen LogP contribution in [0.2, 0.25) is 5.02 Å². The van der Waals surface area contributed by atoms with Crippen LogP contribution in [0.25, 0.3) is 0 Å². The van der Waals surface area contributed by atoms with Crippen LogP contribution < -0.4 is 0 Å². The first-order valence-electron chi connectivity index (χ1n) is 4.15. The van der Waals surface area contributed by atoms with Gasteiger partial charge in [-0.1, -0.05) is 35.5 Å². The van der Waals surface area contributed by atoms with Crippen molar-refractivity contribution in [3.8, 4) is 0 Å². The fraction of sp³-hybridized carbons (Fsp3) is 0. The molecule has 0 aliphatic carbocycles. The van der Waals surface area contributed by atoms with Gasteiger partial charge in [0.05, 0.1) is 17.4 Å². The molecule has 0 fully saturated rings. The number of hydrogen-bond donors (Lipinski definition) is 0. The zero-order chi connectivity index (χ0) is 10.7. The van der Waals surface area contributed by atoms with Crippen molar-refractivity contribution in [1.82, 2.24) is 9.97 Å². The lowest BCUT2D eigenvalue weighted by Crippen LogP contribution is -1.83. The van der Waals surface area contributed by atoms with E-state index in [9.17, 15) is 0 Å². The van der Waals surface area contributed by atoms with E-state index in [2.05, 4.69) is 25.9 Å². The van der Waals surface area contributed by atoms with Crippen molar-refractivity contribution in [2.75, 3.05) is 0 Å². The van der Waals surface area contributed by atoms with Gasteiger partial charge in [0.15, 0.2) is 0 Å². The van der Waals surface area contributed by atoms with Crippen molar-refractivity contribution in [2.24, 2.45) is 0 Å². The topological polar surface area (TPSA) is 25.8 Å². The molecule has 0 N–H and O–H groups in total. The molecule has 0 radical (unpaired) electrons. The molecule has 0 amide bonds. The molecule has 15 heavy (non-hydrogen) atoms. The Labute approximate surface area is 105 Å². The van der Waals surface area contributed by atoms with Gasteiger partial charge in [0, 0.05) is 4.90 Å². The van der Waals surface area contributed by atoms with E-state index in [1.807, 2.05) is 24.3 Å². The molecule has 0 saturated carbocycles. The van der Waals surface area contributed by atoms with Crippen LogP contribution in [-0.4, -0.2) is 9.97 Å². The average molecular weight is 302 g/mol. The van der Waals surface area contributed by atoms with E-state index in [1.54, 1.807) is 12.4 Å². The van der Waals surface area contributed by atoms with E-state index in [0.717, 1.165) is 19.5 Å². The molecule has 1 aromatic heterocycles. The lowest BCUT2D eigenvalue weighted by atomic mass is 10.4. The third-order valence-electron chi connectivity index (χ3n) is 1.65. The first-order chi connectivity index (χ1) is 7.25. The van der Waals surface area contributed by atoms with Crippen LogP contribution in [0, 0.1) is 0 Å². The monoisotopic (exact) mass is 300 g/mol. The largest absolute Gasteiger partial charge is 0.245 e. The highest BCUT2D eigenvalue weighted by Crippen LogP contribution is 2.31. The van der Waals surface area contributed by atoms with Gasteiger partial charge in [-0.05, 0) is 28.1 Å². The Hall–Kier alpha value is -0.580. The van der Waals surface area contributed by atoms with Gasteiger partial charge in [-0.25, -0.2) is 9.97 Å². The Kier molecular flexibility index (Phi) is 3.61. The van der Waals surface area contributed by atoms with Crippen molar-refractivity contribution >= 4 is 39.3 Å². The highest BCUT2D eigenvalue weighted by Gasteiger charge is 2.02. The molecule has 0 aliphatic rings. The van der Waals surface area contributed by atoms with Gasteiger partial charge in [0.25, 0.3) is 0 Å². The lowest BCUT2D eigenvalue weighted by molar-refractivity contribution is 1.03. The molecule has 2 rings (SSSR count). The molecule has 1 aromatic carbocycles. The number of benzene rings is 1. The third-order valence-corrected chi connectivity index (χ3v) is 3.49. The van der Waals surface area contributed by atoms with Gasteiger partial charge in [-0.3, -0.25) is 0 Å². The molecule has 1 heterocycles. The Balaban J connectivity index is 2.22. The molecule has 76 valence electrons. The first kappa shape index (κ1) is 10.9. The Morgan fingerprint density at radius 3 is 2.60 bits per heavy atom. The Morgan fingerprint density at radius 2 is 1.93 bits per heavy atom. The van der Waals surface area contributed by atoms with E-state index in [4.69, 9.17) is 11.6 Å². The Morgan fingerprint density at radius 1 is 1.13 bits per heavy atom. The Bertz CT molecular complexity index is 461. The summed E-state index contributed by atoms with van der Waals surface area (Å²) in [6.45, 7) is 0. The second-order valence-corrected chi connectivity index (χ2v) is 4.99. The van der Waals surface area contributed by atoms with Crippen LogP contribution >= 0.6 is 39.3 Å². The molecule has 0 bridgehead atoms. The van der Waals surface area contributed by atoms with Crippen LogP contribution in [0.5, 0.6) is 0 Å². The first-order valence-corrected chi connectivity index (χ1v) is 6.14. The minimum Gasteiger partial charge on any atom is -0.245 e. The minimum absolute atomic E-state index is 0.728. The maximum absolute atomic E-state index is 6.03. The SMILES string of the molecule is Clc1ccccc1Sc1cnc(Br)cn1. The molecule has 2 nitrogen and oxygen atoms in total. The summed E-state index contributed by atoms with van der Waals surface area (Å²) in [7, 11) is 0. The van der Waals surface area contributed by atoms with Crippen LogP contribution in [0.1, 0.15) is 0 Å². The number of halogens is 2. The van der Waals surface area contributed by atoms with Crippen molar-refractivity contribution in [3.05, 3.63) is 46.3 Å². The highest BCUT2D eigenvalue weighted by molar-refractivity contribution is 9.10. The van der Waals surface area contributed by atoms with Crippen molar-refractivity contribution in [2.45, 2.75) is 9.92 Å². The predicted molar refractivity (Wildman–Crippen MR) is 65.3 cm³/mol. The average Bonchev–Trinajstić information content (AvgIpc) is 2.25. The summed E-state index contributed by atoms with van der Waals surface area (Å²) in [5, 5.41) is 1.55. The normalized spacial score (nSPS) is 10.3. The van der Waals surface area contributed by atoms with Crippen molar-refractivity contribution < 1.29 is 0 Å². The summed E-state index contributed by atoms with van der Waals surface area (Å²) in [5.41, 5.74) is 0. The maximum atomic E-state index is 6.03. The van der Waals surface area contributed by atoms with Gasteiger partial charge in [0.1, 0.15) is 9.63 Å². The van der Waals surface area contributed by atoms with Gasteiger partial charge in [-0.15, -0.1) is 0 Å². The van der Waals surface area contributed by atoms with Gasteiger partial charge in [-0.2, -0.15) is 0 Å². The molecule has 0 aliphatic heterocycles. The van der Waals surface area contributed by atoms with Gasteiger partial charge < -0.3 is 0 Å². The zero-order valence-corrected chi connectivity index (χ0v) is 10.7. The summed E-state index contributed by atoms with van der Waals surface area (Å²) in [5.74, 6) is 0. The van der Waals surface area contributed by atoms with E-state index in [0.29, 0.717) is 0 Å². The molecule has 0 unspecified atom stereocenters. The lowest BCUT2D eigenvalue weighted by Gasteiger charge is -2.01. The van der Waals surface area contributed by atoms with Crippen LogP contribution in [0.4, 0.5) is 0 Å². The number of aromatic nitrogens is 2. The molecule has 0 saturated heterocycles. The number of rotatable bonds is 2. The summed E-state index contributed by atoms with van der Waals surface area (Å²) < 4.78 is 0.728. The van der Waals surface area contributed by atoms with Crippen LogP contribution in [-0.2, 0) is 0 Å².